The van der Waals surface area contributed by atoms with Crippen LogP contribution in [0.25, 0.3) is 0 Å². The van der Waals surface area contributed by atoms with Crippen molar-refractivity contribution in [2.24, 2.45) is 5.41 Å². The Morgan fingerprint density at radius 3 is 2.12 bits per heavy atom. The van der Waals surface area contributed by atoms with Gasteiger partial charge in [-0.3, -0.25) is 19.3 Å². The second-order valence-electron chi connectivity index (χ2n) is 9.09. The lowest BCUT2D eigenvalue weighted by atomic mass is 9.84. The Balaban J connectivity index is 1.73. The Kier molecular flexibility index (Phi) is 5.52. The first-order chi connectivity index (χ1) is 15.6. The number of hydrogen-bond acceptors (Lipinski definition) is 4. The molecule has 2 aromatic carbocycles. The summed E-state index contributed by atoms with van der Waals surface area (Å²) in [4.78, 5) is 42.0. The number of likely N-dealkylation sites (tertiary alicyclic amines) is 1. The summed E-state index contributed by atoms with van der Waals surface area (Å²) in [5.41, 5.74) is -0.244. The zero-order chi connectivity index (χ0) is 24.1. The van der Waals surface area contributed by atoms with Crippen LogP contribution in [0.5, 0.6) is 0 Å². The fourth-order valence-corrected chi connectivity index (χ4v) is 4.88. The van der Waals surface area contributed by atoms with Crippen molar-refractivity contribution in [3.05, 3.63) is 70.8 Å². The van der Waals surface area contributed by atoms with E-state index in [4.69, 9.17) is 0 Å². The lowest BCUT2D eigenvalue weighted by molar-refractivity contribution is -0.139. The molecule has 3 amide bonds. The van der Waals surface area contributed by atoms with Crippen LogP contribution in [0.3, 0.4) is 0 Å². The lowest BCUT2D eigenvalue weighted by Crippen LogP contribution is -2.53. The maximum absolute atomic E-state index is 14.0. The number of nitrogens with zero attached hydrogens (tertiary/aromatic N) is 3. The Bertz CT molecular complexity index is 1150. The molecule has 0 aromatic heterocycles. The van der Waals surface area contributed by atoms with E-state index in [9.17, 15) is 28.4 Å². The number of nitriles is 1. The van der Waals surface area contributed by atoms with Gasteiger partial charge in [-0.2, -0.15) is 5.26 Å². The summed E-state index contributed by atoms with van der Waals surface area (Å²) in [5, 5.41) is 9.73. The Morgan fingerprint density at radius 1 is 1.06 bits per heavy atom. The molecule has 6 nitrogen and oxygen atoms in total. The van der Waals surface area contributed by atoms with Crippen molar-refractivity contribution in [1.82, 2.24) is 9.80 Å². The number of amides is 3. The van der Waals surface area contributed by atoms with Crippen LogP contribution in [-0.2, 0) is 4.79 Å². The first kappa shape index (κ1) is 22.6. The maximum Gasteiger partial charge on any atom is 0.262 e. The molecule has 0 spiro atoms. The number of fused-ring (bicyclic) bond motifs is 1. The molecule has 1 saturated heterocycles. The molecular weight excluding hydrogens is 428 g/mol. The van der Waals surface area contributed by atoms with Crippen LogP contribution >= 0.6 is 0 Å². The van der Waals surface area contributed by atoms with E-state index in [1.54, 1.807) is 26.0 Å². The van der Waals surface area contributed by atoms with E-state index in [2.05, 4.69) is 6.07 Å². The third kappa shape index (κ3) is 3.67. The zero-order valence-corrected chi connectivity index (χ0v) is 18.5. The Hall–Kier alpha value is -3.60. The molecule has 2 aliphatic rings. The van der Waals surface area contributed by atoms with Crippen LogP contribution in [0.15, 0.2) is 42.5 Å². The van der Waals surface area contributed by atoms with Gasteiger partial charge in [-0.05, 0) is 63.4 Å². The van der Waals surface area contributed by atoms with Crippen LogP contribution in [0.2, 0.25) is 0 Å². The molecule has 0 aliphatic carbocycles. The van der Waals surface area contributed by atoms with Gasteiger partial charge in [0.15, 0.2) is 0 Å². The van der Waals surface area contributed by atoms with Gasteiger partial charge in [0.25, 0.3) is 11.8 Å². The van der Waals surface area contributed by atoms with Gasteiger partial charge in [0, 0.05) is 6.07 Å². The third-order valence-corrected chi connectivity index (χ3v) is 6.60. The van der Waals surface area contributed by atoms with Gasteiger partial charge in [-0.25, -0.2) is 8.78 Å². The highest BCUT2D eigenvalue weighted by atomic mass is 19.1. The van der Waals surface area contributed by atoms with Crippen molar-refractivity contribution in [3.8, 4) is 6.07 Å². The number of imide groups is 1. The van der Waals surface area contributed by atoms with Gasteiger partial charge in [0.05, 0.1) is 34.7 Å². The van der Waals surface area contributed by atoms with E-state index in [0.717, 1.165) is 11.0 Å². The van der Waals surface area contributed by atoms with E-state index in [1.165, 1.54) is 36.1 Å². The minimum Gasteiger partial charge on any atom is -0.329 e. The minimum atomic E-state index is -1.16. The molecule has 8 heteroatoms. The molecular formula is C25H23F2N3O3. The second kappa shape index (κ2) is 8.07. The summed E-state index contributed by atoms with van der Waals surface area (Å²) < 4.78 is 27.9. The lowest BCUT2D eigenvalue weighted by Gasteiger charge is -2.39. The summed E-state index contributed by atoms with van der Waals surface area (Å²) in [6.45, 7) is 4.85. The number of carbonyl (C=O) groups excluding carboxylic acids is 3. The smallest absolute Gasteiger partial charge is 0.262 e. The second-order valence-corrected chi connectivity index (χ2v) is 9.09. The van der Waals surface area contributed by atoms with Gasteiger partial charge < -0.3 is 4.90 Å². The first-order valence-corrected chi connectivity index (χ1v) is 10.7. The van der Waals surface area contributed by atoms with Gasteiger partial charge in [-0.15, -0.1) is 0 Å². The highest BCUT2D eigenvalue weighted by molar-refractivity contribution is 6.22. The number of hydrogen-bond donors (Lipinski definition) is 0. The monoisotopic (exact) mass is 451 g/mol. The van der Waals surface area contributed by atoms with Crippen LogP contribution < -0.4 is 0 Å². The normalized spacial score (nSPS) is 21.2. The van der Waals surface area contributed by atoms with Crippen LogP contribution in [0.4, 0.5) is 8.78 Å². The first-order valence-electron chi connectivity index (χ1n) is 10.7. The summed E-state index contributed by atoms with van der Waals surface area (Å²) in [6, 6.07) is 9.22. The minimum absolute atomic E-state index is 0.223. The highest BCUT2D eigenvalue weighted by Crippen LogP contribution is 2.44. The van der Waals surface area contributed by atoms with E-state index >= 15 is 0 Å². The fourth-order valence-electron chi connectivity index (χ4n) is 4.88. The number of benzene rings is 2. The molecule has 0 radical (unpaired) electrons. The van der Waals surface area contributed by atoms with Crippen LogP contribution in [0.1, 0.15) is 65.9 Å². The van der Waals surface area contributed by atoms with Crippen molar-refractivity contribution in [2.75, 3.05) is 0 Å². The Labute approximate surface area is 190 Å². The Morgan fingerprint density at radius 2 is 1.61 bits per heavy atom. The average Bonchev–Trinajstić information content (AvgIpc) is 3.33. The van der Waals surface area contributed by atoms with Crippen molar-refractivity contribution in [3.63, 3.8) is 0 Å². The van der Waals surface area contributed by atoms with E-state index in [-0.39, 0.29) is 16.7 Å². The van der Waals surface area contributed by atoms with Crippen LogP contribution in [0, 0.1) is 28.4 Å². The molecule has 2 heterocycles. The molecule has 0 saturated carbocycles. The van der Waals surface area contributed by atoms with Gasteiger partial charge >= 0.3 is 0 Å². The molecule has 3 atom stereocenters. The van der Waals surface area contributed by atoms with Gasteiger partial charge in [-0.1, -0.05) is 12.1 Å². The van der Waals surface area contributed by atoms with Crippen molar-refractivity contribution in [2.45, 2.75) is 51.7 Å². The van der Waals surface area contributed by atoms with E-state index in [1.807, 2.05) is 0 Å². The van der Waals surface area contributed by atoms with Gasteiger partial charge in [0.2, 0.25) is 5.91 Å². The molecule has 2 aliphatic heterocycles. The number of rotatable bonds is 4. The number of halogens is 2. The summed E-state index contributed by atoms with van der Waals surface area (Å²) >= 11 is 0. The van der Waals surface area contributed by atoms with Gasteiger partial charge in [0.1, 0.15) is 17.7 Å². The van der Waals surface area contributed by atoms with Crippen molar-refractivity contribution in [1.29, 1.82) is 5.26 Å². The molecule has 0 bridgehead atoms. The molecule has 170 valence electrons. The largest absolute Gasteiger partial charge is 0.329 e. The van der Waals surface area contributed by atoms with Crippen molar-refractivity contribution < 1.29 is 23.2 Å². The molecule has 33 heavy (non-hydrogen) atoms. The fraction of sp³-hybridized carbons (Fsp3) is 0.360. The topological polar surface area (TPSA) is 81.5 Å². The molecule has 2 aromatic rings. The maximum atomic E-state index is 14.0. The molecule has 0 N–H and O–H groups in total. The predicted molar refractivity (Wildman–Crippen MR) is 115 cm³/mol. The summed E-state index contributed by atoms with van der Waals surface area (Å²) in [5.74, 6) is -3.23. The third-order valence-electron chi connectivity index (χ3n) is 6.60. The molecule has 1 fully saturated rings. The summed E-state index contributed by atoms with van der Waals surface area (Å²) in [7, 11) is 0. The zero-order valence-electron chi connectivity index (χ0n) is 18.5. The SMILES string of the molecule is C[C@H](C(=O)N1[C@H](c2cc(F)cc(F)c2)CC[C@@H]1C(C)(C)C#N)N1C(=O)c2ccccc2C1=O. The molecule has 4 rings (SSSR count). The average molecular weight is 451 g/mol. The predicted octanol–water partition coefficient (Wildman–Crippen LogP) is 4.23. The highest BCUT2D eigenvalue weighted by Gasteiger charge is 2.49. The van der Waals surface area contributed by atoms with E-state index in [0.29, 0.717) is 12.8 Å². The summed E-state index contributed by atoms with van der Waals surface area (Å²) in [6.07, 6.45) is 0.823. The standard InChI is InChI=1S/C25H23F2N3O3/c1-14(29-23(32)18-6-4-5-7-19(18)24(29)33)22(31)30-20(8-9-21(30)25(2,3)13-28)15-10-16(26)12-17(27)11-15/h4-7,10-12,14,20-21H,8-9H2,1-3H3/t14-,20+,21-/m1/s1. The quantitative estimate of drug-likeness (QED) is 0.652. The molecule has 0 unspecified atom stereocenters. The number of carbonyl (C=O) groups is 3. The van der Waals surface area contributed by atoms with Crippen molar-refractivity contribution >= 4 is 17.7 Å². The van der Waals surface area contributed by atoms with Crippen LogP contribution in [-0.4, -0.2) is 39.6 Å². The van der Waals surface area contributed by atoms with E-state index < -0.39 is 52.9 Å².